The first-order chi connectivity index (χ1) is 17.9. The van der Waals surface area contributed by atoms with Gasteiger partial charge in [-0.3, -0.25) is 14.5 Å². The van der Waals surface area contributed by atoms with Crippen LogP contribution in [0.5, 0.6) is 5.75 Å². The number of thiazole rings is 1. The third-order valence-corrected chi connectivity index (χ3v) is 7.30. The van der Waals surface area contributed by atoms with Gasteiger partial charge in [-0.05, 0) is 54.4 Å². The molecule has 1 amide bonds. The number of benzene rings is 3. The first-order valence-corrected chi connectivity index (χ1v) is 12.9. The van der Waals surface area contributed by atoms with Gasteiger partial charge < -0.3 is 9.84 Å². The number of rotatable bonds is 7. The van der Waals surface area contributed by atoms with Crippen LogP contribution < -0.4 is 9.64 Å². The van der Waals surface area contributed by atoms with Crippen LogP contribution in [0.15, 0.2) is 72.3 Å². The second-order valence-electron chi connectivity index (χ2n) is 8.56. The molecule has 3 aromatic carbocycles. The Morgan fingerprint density at radius 2 is 1.92 bits per heavy atom. The molecule has 0 spiro atoms. The molecule has 4 aromatic rings. The topological polar surface area (TPSA) is 79.7 Å². The van der Waals surface area contributed by atoms with Crippen LogP contribution >= 0.6 is 22.9 Å². The molecule has 2 heterocycles. The molecule has 6 nitrogen and oxygen atoms in total. The molecule has 1 aromatic heterocycles. The standard InChI is InChI=1S/C28H22ClFN2O4S/c1-2-3-13-36-20-6-4-5-17(14-20)25(33)23-24(16-7-10-19(30)11-8-16)32(27(35)26(23)34)28-31-21-12-9-18(29)15-22(21)37-28/h4-12,14-15,24,33H,2-3,13H2,1H3. The van der Waals surface area contributed by atoms with Crippen molar-refractivity contribution >= 4 is 55.7 Å². The number of aromatic nitrogens is 1. The molecular weight excluding hydrogens is 515 g/mol. The largest absolute Gasteiger partial charge is 0.507 e. The lowest BCUT2D eigenvalue weighted by Crippen LogP contribution is -2.29. The predicted molar refractivity (Wildman–Crippen MR) is 143 cm³/mol. The van der Waals surface area contributed by atoms with Gasteiger partial charge in [0.15, 0.2) is 5.13 Å². The summed E-state index contributed by atoms with van der Waals surface area (Å²) >= 11 is 7.32. The van der Waals surface area contributed by atoms with E-state index in [1.807, 2.05) is 0 Å². The molecular formula is C28H22ClFN2O4S. The molecule has 1 saturated heterocycles. The summed E-state index contributed by atoms with van der Waals surface area (Å²) in [5.74, 6) is -1.97. The lowest BCUT2D eigenvalue weighted by atomic mass is 9.95. The van der Waals surface area contributed by atoms with Crippen LogP contribution in [-0.2, 0) is 9.59 Å². The fraction of sp³-hybridized carbons (Fsp3) is 0.179. The Morgan fingerprint density at radius 1 is 1.14 bits per heavy atom. The molecule has 1 aliphatic heterocycles. The third-order valence-electron chi connectivity index (χ3n) is 6.05. The highest BCUT2D eigenvalue weighted by Crippen LogP contribution is 2.44. The van der Waals surface area contributed by atoms with Crippen LogP contribution in [0.2, 0.25) is 5.02 Å². The Balaban J connectivity index is 1.64. The molecule has 1 unspecified atom stereocenters. The summed E-state index contributed by atoms with van der Waals surface area (Å²) in [6.45, 7) is 2.57. The van der Waals surface area contributed by atoms with Gasteiger partial charge in [-0.1, -0.05) is 60.5 Å². The molecule has 37 heavy (non-hydrogen) atoms. The van der Waals surface area contributed by atoms with Crippen LogP contribution in [0, 0.1) is 5.82 Å². The normalized spacial score (nSPS) is 17.1. The van der Waals surface area contributed by atoms with Crippen LogP contribution in [0.3, 0.4) is 0 Å². The first-order valence-electron chi connectivity index (χ1n) is 11.7. The molecule has 1 N–H and O–H groups in total. The summed E-state index contributed by atoms with van der Waals surface area (Å²) in [7, 11) is 0. The van der Waals surface area contributed by atoms with Gasteiger partial charge in [0.05, 0.1) is 28.4 Å². The maximum Gasteiger partial charge on any atom is 0.301 e. The second kappa shape index (κ2) is 10.3. The van der Waals surface area contributed by atoms with Gasteiger partial charge in [-0.25, -0.2) is 9.37 Å². The number of anilines is 1. The summed E-state index contributed by atoms with van der Waals surface area (Å²) in [5, 5.41) is 12.1. The van der Waals surface area contributed by atoms with E-state index >= 15 is 0 Å². The van der Waals surface area contributed by atoms with E-state index in [2.05, 4.69) is 11.9 Å². The molecule has 1 atom stereocenters. The van der Waals surface area contributed by atoms with E-state index in [4.69, 9.17) is 16.3 Å². The van der Waals surface area contributed by atoms with Crippen LogP contribution in [0.1, 0.15) is 36.9 Å². The number of Topliss-reactive ketones (excluding diaryl/α,β-unsaturated/α-hetero) is 1. The van der Waals surface area contributed by atoms with Crippen molar-refractivity contribution in [3.05, 3.63) is 94.3 Å². The van der Waals surface area contributed by atoms with Crippen LogP contribution in [0.4, 0.5) is 9.52 Å². The highest BCUT2D eigenvalue weighted by Gasteiger charge is 2.48. The number of carbonyl (C=O) groups is 2. The summed E-state index contributed by atoms with van der Waals surface area (Å²) in [5.41, 5.74) is 1.28. The number of nitrogens with zero attached hydrogens (tertiary/aromatic N) is 2. The second-order valence-corrected chi connectivity index (χ2v) is 10.0. The van der Waals surface area contributed by atoms with Crippen molar-refractivity contribution in [3.8, 4) is 5.75 Å². The number of fused-ring (bicyclic) bond motifs is 1. The van der Waals surface area contributed by atoms with Gasteiger partial charge >= 0.3 is 5.91 Å². The van der Waals surface area contributed by atoms with E-state index in [1.165, 1.54) is 40.5 Å². The number of unbranched alkanes of at least 4 members (excludes halogenated alkanes) is 1. The summed E-state index contributed by atoms with van der Waals surface area (Å²) in [6, 6.07) is 16.3. The zero-order valence-electron chi connectivity index (χ0n) is 19.8. The van der Waals surface area contributed by atoms with Crippen molar-refractivity contribution in [3.63, 3.8) is 0 Å². The van der Waals surface area contributed by atoms with Crippen molar-refractivity contribution in [2.45, 2.75) is 25.8 Å². The van der Waals surface area contributed by atoms with Crippen molar-refractivity contribution in [2.75, 3.05) is 11.5 Å². The monoisotopic (exact) mass is 536 g/mol. The van der Waals surface area contributed by atoms with Crippen LogP contribution in [-0.4, -0.2) is 28.4 Å². The molecule has 188 valence electrons. The van der Waals surface area contributed by atoms with E-state index < -0.39 is 23.5 Å². The van der Waals surface area contributed by atoms with Gasteiger partial charge in [0, 0.05) is 10.6 Å². The SMILES string of the molecule is CCCCOc1cccc(C(O)=C2C(=O)C(=O)N(c3nc4ccc(Cl)cc4s3)C2c2ccc(F)cc2)c1. The minimum Gasteiger partial charge on any atom is -0.507 e. The Morgan fingerprint density at radius 3 is 2.68 bits per heavy atom. The third kappa shape index (κ3) is 4.82. The Bertz CT molecular complexity index is 1530. The number of amides is 1. The molecule has 1 fully saturated rings. The Hall–Kier alpha value is -3.75. The Kier molecular flexibility index (Phi) is 6.95. The predicted octanol–water partition coefficient (Wildman–Crippen LogP) is 6.89. The lowest BCUT2D eigenvalue weighted by molar-refractivity contribution is -0.132. The van der Waals surface area contributed by atoms with Crippen molar-refractivity contribution in [2.24, 2.45) is 0 Å². The first kappa shape index (κ1) is 24.9. The van der Waals surface area contributed by atoms with E-state index in [0.717, 1.165) is 17.5 Å². The maximum absolute atomic E-state index is 13.8. The van der Waals surface area contributed by atoms with Crippen molar-refractivity contribution in [1.82, 2.24) is 4.98 Å². The highest BCUT2D eigenvalue weighted by atomic mass is 35.5. The number of aliphatic hydroxyl groups is 1. The average Bonchev–Trinajstić information content (AvgIpc) is 3.42. The highest BCUT2D eigenvalue weighted by molar-refractivity contribution is 7.22. The molecule has 5 rings (SSSR count). The zero-order chi connectivity index (χ0) is 26.1. The quantitative estimate of drug-likeness (QED) is 0.120. The number of halogens is 2. The molecule has 1 aliphatic rings. The van der Waals surface area contributed by atoms with Gasteiger partial charge in [0.25, 0.3) is 5.78 Å². The summed E-state index contributed by atoms with van der Waals surface area (Å²) in [4.78, 5) is 32.5. The van der Waals surface area contributed by atoms with Crippen LogP contribution in [0.25, 0.3) is 16.0 Å². The van der Waals surface area contributed by atoms with Crippen molar-refractivity contribution < 1.29 is 23.8 Å². The fourth-order valence-electron chi connectivity index (χ4n) is 4.20. The summed E-state index contributed by atoms with van der Waals surface area (Å²) in [6.07, 6.45) is 1.85. The number of aliphatic hydroxyl groups excluding tert-OH is 1. The van der Waals surface area contributed by atoms with E-state index in [1.54, 1.807) is 42.5 Å². The molecule has 0 radical (unpaired) electrons. The number of hydrogen-bond acceptors (Lipinski definition) is 6. The molecule has 0 aliphatic carbocycles. The van der Waals surface area contributed by atoms with Gasteiger partial charge in [-0.15, -0.1) is 0 Å². The Labute approximate surface area is 221 Å². The fourth-order valence-corrected chi connectivity index (χ4v) is 5.47. The summed E-state index contributed by atoms with van der Waals surface area (Å²) < 4.78 is 20.3. The number of carbonyl (C=O) groups excluding carboxylic acids is 2. The van der Waals surface area contributed by atoms with E-state index in [9.17, 15) is 19.1 Å². The van der Waals surface area contributed by atoms with Gasteiger partial charge in [-0.2, -0.15) is 0 Å². The molecule has 9 heteroatoms. The van der Waals surface area contributed by atoms with Gasteiger partial charge in [0.2, 0.25) is 0 Å². The maximum atomic E-state index is 13.8. The smallest absolute Gasteiger partial charge is 0.301 e. The number of hydrogen-bond donors (Lipinski definition) is 1. The van der Waals surface area contributed by atoms with Gasteiger partial charge in [0.1, 0.15) is 17.3 Å². The average molecular weight is 537 g/mol. The minimum absolute atomic E-state index is 0.111. The number of ketones is 1. The van der Waals surface area contributed by atoms with E-state index in [0.29, 0.717) is 34.0 Å². The molecule has 0 bridgehead atoms. The zero-order valence-corrected chi connectivity index (χ0v) is 21.4. The van der Waals surface area contributed by atoms with Crippen molar-refractivity contribution in [1.29, 1.82) is 0 Å². The lowest BCUT2D eigenvalue weighted by Gasteiger charge is -2.23. The van der Waals surface area contributed by atoms with E-state index in [-0.39, 0.29) is 16.5 Å². The minimum atomic E-state index is -1.01. The number of ether oxygens (including phenoxy) is 1. The molecule has 0 saturated carbocycles.